The van der Waals surface area contributed by atoms with Gasteiger partial charge in [-0.1, -0.05) is 37.8 Å². The van der Waals surface area contributed by atoms with Crippen molar-refractivity contribution < 1.29 is 0 Å². The molecule has 0 atom stereocenters. The van der Waals surface area contributed by atoms with Gasteiger partial charge in [-0.25, -0.2) is 0 Å². The lowest BCUT2D eigenvalue weighted by Gasteiger charge is -2.20. The molecule has 2 heterocycles. The molecular weight excluding hydrogens is 372 g/mol. The molecule has 0 unspecified atom stereocenters. The van der Waals surface area contributed by atoms with Crippen LogP contribution in [0, 0.1) is 0 Å². The van der Waals surface area contributed by atoms with Gasteiger partial charge in [0, 0.05) is 30.6 Å². The van der Waals surface area contributed by atoms with Crippen molar-refractivity contribution in [1.29, 1.82) is 0 Å². The van der Waals surface area contributed by atoms with Gasteiger partial charge in [0.15, 0.2) is 0 Å². The number of hydrogen-bond acceptors (Lipinski definition) is 3. The highest BCUT2D eigenvalue weighted by Gasteiger charge is 2.22. The summed E-state index contributed by atoms with van der Waals surface area (Å²) in [5.74, 6) is 0. The summed E-state index contributed by atoms with van der Waals surface area (Å²) in [5.41, 5.74) is 5.45. The Kier molecular flexibility index (Phi) is 5.47. The second-order valence-corrected chi connectivity index (χ2v) is 9.05. The molecule has 3 aromatic rings. The van der Waals surface area contributed by atoms with E-state index in [0.717, 1.165) is 54.5 Å². The quantitative estimate of drug-likeness (QED) is 0.655. The van der Waals surface area contributed by atoms with Gasteiger partial charge in [-0.3, -0.25) is 14.0 Å². The highest BCUT2D eigenvalue weighted by Crippen LogP contribution is 2.28. The SMILES string of the molecule is Cn1ncc2c3c(c(=O)n(-c4ccc(CNC5CCCCCC5)cc4)c21)CCCC3. The molecule has 1 fully saturated rings. The summed E-state index contributed by atoms with van der Waals surface area (Å²) in [6.07, 6.45) is 14.1. The predicted octanol–water partition coefficient (Wildman–Crippen LogP) is 4.42. The normalized spacial score (nSPS) is 17.8. The van der Waals surface area contributed by atoms with E-state index in [4.69, 9.17) is 0 Å². The van der Waals surface area contributed by atoms with Crippen molar-refractivity contribution in [2.24, 2.45) is 7.05 Å². The van der Waals surface area contributed by atoms with Gasteiger partial charge < -0.3 is 5.32 Å². The molecule has 0 aliphatic heterocycles. The minimum atomic E-state index is 0.130. The van der Waals surface area contributed by atoms with E-state index in [2.05, 4.69) is 34.7 Å². The van der Waals surface area contributed by atoms with Crippen LogP contribution in [0.3, 0.4) is 0 Å². The molecule has 0 bridgehead atoms. The smallest absolute Gasteiger partial charge is 0.260 e. The molecule has 0 spiro atoms. The minimum absolute atomic E-state index is 0.130. The first-order valence-electron chi connectivity index (χ1n) is 11.6. The van der Waals surface area contributed by atoms with Gasteiger partial charge in [0.05, 0.1) is 11.9 Å². The van der Waals surface area contributed by atoms with Crippen LogP contribution in [0.5, 0.6) is 0 Å². The molecule has 2 aromatic heterocycles. The molecule has 5 rings (SSSR count). The van der Waals surface area contributed by atoms with Gasteiger partial charge in [0.2, 0.25) is 0 Å². The topological polar surface area (TPSA) is 51.9 Å². The fraction of sp³-hybridized carbons (Fsp3) is 0.520. The molecular formula is C25H32N4O. The second-order valence-electron chi connectivity index (χ2n) is 9.05. The van der Waals surface area contributed by atoms with Gasteiger partial charge in [0.1, 0.15) is 5.65 Å². The number of aryl methyl sites for hydroxylation is 2. The molecule has 5 heteroatoms. The van der Waals surface area contributed by atoms with E-state index in [0.29, 0.717) is 6.04 Å². The fourth-order valence-corrected chi connectivity index (χ4v) is 5.33. The standard InChI is InChI=1S/C25H32N4O/c1-28-24-23(17-27-28)21-10-6-7-11-22(21)25(30)29(24)20-14-12-18(13-15-20)16-26-19-8-4-2-3-5-9-19/h12-15,17,19,26H,2-11,16H2,1H3. The summed E-state index contributed by atoms with van der Waals surface area (Å²) in [6.45, 7) is 0.894. The molecule has 1 aromatic carbocycles. The van der Waals surface area contributed by atoms with Gasteiger partial charge in [-0.15, -0.1) is 0 Å². The second kappa shape index (κ2) is 8.38. The maximum Gasteiger partial charge on any atom is 0.260 e. The molecule has 0 amide bonds. The van der Waals surface area contributed by atoms with Gasteiger partial charge >= 0.3 is 0 Å². The van der Waals surface area contributed by atoms with E-state index < -0.39 is 0 Å². The number of pyridine rings is 1. The van der Waals surface area contributed by atoms with Crippen LogP contribution in [0.25, 0.3) is 16.7 Å². The average Bonchev–Trinajstić information content (AvgIpc) is 2.99. The number of hydrogen-bond donors (Lipinski definition) is 1. The zero-order valence-corrected chi connectivity index (χ0v) is 18.0. The third kappa shape index (κ3) is 3.60. The molecule has 1 N–H and O–H groups in total. The molecule has 5 nitrogen and oxygen atoms in total. The van der Waals surface area contributed by atoms with Crippen LogP contribution < -0.4 is 10.9 Å². The highest BCUT2D eigenvalue weighted by atomic mass is 16.1. The van der Waals surface area contributed by atoms with Crippen molar-refractivity contribution in [3.8, 4) is 5.69 Å². The zero-order chi connectivity index (χ0) is 20.5. The van der Waals surface area contributed by atoms with Gasteiger partial charge in [0.25, 0.3) is 5.56 Å². The van der Waals surface area contributed by atoms with Crippen molar-refractivity contribution in [1.82, 2.24) is 19.7 Å². The number of fused-ring (bicyclic) bond motifs is 3. The van der Waals surface area contributed by atoms with E-state index in [1.54, 1.807) is 0 Å². The summed E-state index contributed by atoms with van der Waals surface area (Å²) >= 11 is 0. The highest BCUT2D eigenvalue weighted by molar-refractivity contribution is 5.82. The first kappa shape index (κ1) is 19.6. The predicted molar refractivity (Wildman–Crippen MR) is 121 cm³/mol. The summed E-state index contributed by atoms with van der Waals surface area (Å²) in [7, 11) is 1.93. The Morgan fingerprint density at radius 1 is 0.967 bits per heavy atom. The Morgan fingerprint density at radius 3 is 2.40 bits per heavy atom. The van der Waals surface area contributed by atoms with Crippen LogP contribution in [-0.4, -0.2) is 20.4 Å². The molecule has 2 aliphatic rings. The summed E-state index contributed by atoms with van der Waals surface area (Å²) < 4.78 is 3.71. The average molecular weight is 405 g/mol. The molecule has 2 aliphatic carbocycles. The van der Waals surface area contributed by atoms with Crippen LogP contribution in [0.4, 0.5) is 0 Å². The van der Waals surface area contributed by atoms with Crippen LogP contribution in [-0.2, 0) is 26.4 Å². The largest absolute Gasteiger partial charge is 0.310 e. The molecule has 158 valence electrons. The van der Waals surface area contributed by atoms with Crippen molar-refractivity contribution >= 4 is 11.0 Å². The van der Waals surface area contributed by atoms with E-state index in [1.165, 1.54) is 49.7 Å². The maximum atomic E-state index is 13.4. The lowest BCUT2D eigenvalue weighted by molar-refractivity contribution is 0.459. The first-order chi connectivity index (χ1) is 14.7. The van der Waals surface area contributed by atoms with E-state index in [9.17, 15) is 4.79 Å². The maximum absolute atomic E-state index is 13.4. The third-order valence-electron chi connectivity index (χ3n) is 7.02. The van der Waals surface area contributed by atoms with Crippen molar-refractivity contribution in [3.63, 3.8) is 0 Å². The van der Waals surface area contributed by atoms with Crippen molar-refractivity contribution in [2.45, 2.75) is 76.8 Å². The minimum Gasteiger partial charge on any atom is -0.310 e. The lowest BCUT2D eigenvalue weighted by atomic mass is 9.91. The Labute approximate surface area is 178 Å². The van der Waals surface area contributed by atoms with Crippen molar-refractivity contribution in [2.75, 3.05) is 0 Å². The Morgan fingerprint density at radius 2 is 1.67 bits per heavy atom. The number of nitrogens with zero attached hydrogens (tertiary/aromatic N) is 3. The van der Waals surface area contributed by atoms with E-state index in [1.807, 2.05) is 22.5 Å². The van der Waals surface area contributed by atoms with E-state index >= 15 is 0 Å². The Balaban J connectivity index is 1.45. The van der Waals surface area contributed by atoms with Crippen LogP contribution in [0.15, 0.2) is 35.3 Å². The Hall–Kier alpha value is -2.40. The summed E-state index contributed by atoms with van der Waals surface area (Å²) in [4.78, 5) is 13.4. The number of benzene rings is 1. The monoisotopic (exact) mass is 404 g/mol. The van der Waals surface area contributed by atoms with Gasteiger partial charge in [-0.2, -0.15) is 5.10 Å². The third-order valence-corrected chi connectivity index (χ3v) is 7.02. The van der Waals surface area contributed by atoms with Crippen LogP contribution >= 0.6 is 0 Å². The van der Waals surface area contributed by atoms with Gasteiger partial charge in [-0.05, 0) is 61.8 Å². The zero-order valence-electron chi connectivity index (χ0n) is 18.0. The summed E-state index contributed by atoms with van der Waals surface area (Å²) in [5, 5.41) is 9.36. The molecule has 30 heavy (non-hydrogen) atoms. The first-order valence-corrected chi connectivity index (χ1v) is 11.6. The van der Waals surface area contributed by atoms with Crippen molar-refractivity contribution in [3.05, 3.63) is 57.5 Å². The molecule has 0 saturated heterocycles. The van der Waals surface area contributed by atoms with Crippen LogP contribution in [0.2, 0.25) is 0 Å². The Bertz CT molecular complexity index is 1090. The fourth-order valence-electron chi connectivity index (χ4n) is 5.33. The van der Waals surface area contributed by atoms with Crippen LogP contribution in [0.1, 0.15) is 68.1 Å². The van der Waals surface area contributed by atoms with E-state index in [-0.39, 0.29) is 5.56 Å². The molecule has 0 radical (unpaired) electrons. The number of nitrogens with one attached hydrogen (secondary N) is 1. The number of aromatic nitrogens is 3. The molecule has 1 saturated carbocycles. The lowest BCUT2D eigenvalue weighted by Crippen LogP contribution is -2.28. The number of rotatable bonds is 4. The summed E-state index contributed by atoms with van der Waals surface area (Å²) in [6, 6.07) is 9.14.